The average molecular weight is 423 g/mol. The van der Waals surface area contributed by atoms with Gasteiger partial charge >= 0.3 is 0 Å². The number of pyridine rings is 1. The number of rotatable bonds is 8. The summed E-state index contributed by atoms with van der Waals surface area (Å²) in [5.41, 5.74) is 2.99. The molecule has 6 heteroatoms. The van der Waals surface area contributed by atoms with Crippen LogP contribution in [0.4, 0.5) is 0 Å². The highest BCUT2D eigenvalue weighted by Gasteiger charge is 2.31. The van der Waals surface area contributed by atoms with Gasteiger partial charge in [-0.05, 0) is 42.2 Å². The first-order chi connectivity index (χ1) is 14.0. The van der Waals surface area contributed by atoms with Gasteiger partial charge in [-0.1, -0.05) is 66.5 Å². The van der Waals surface area contributed by atoms with Crippen LogP contribution in [0.2, 0.25) is 0 Å². The molecule has 0 atom stereocenters. The van der Waals surface area contributed by atoms with Gasteiger partial charge in [-0.2, -0.15) is 0 Å². The number of nitrogens with zero attached hydrogens (tertiary/aromatic N) is 2. The third kappa shape index (κ3) is 6.21. The first-order valence-corrected chi connectivity index (χ1v) is 10.6. The topological polar surface area (TPSA) is 50.3 Å². The first-order valence-electron chi connectivity index (χ1n) is 9.42. The van der Waals surface area contributed by atoms with Crippen molar-refractivity contribution in [2.24, 2.45) is 0 Å². The van der Waals surface area contributed by atoms with E-state index in [1.807, 2.05) is 61.5 Å². The molecule has 0 spiro atoms. The van der Waals surface area contributed by atoms with E-state index in [0.717, 1.165) is 16.7 Å². The molecule has 1 fully saturated rings. The van der Waals surface area contributed by atoms with Crippen LogP contribution in [0.3, 0.4) is 0 Å². The van der Waals surface area contributed by atoms with Gasteiger partial charge < -0.3 is 0 Å². The molecule has 1 aromatic heterocycles. The number of allylic oxidation sites excluding steroid dienone is 2. The summed E-state index contributed by atoms with van der Waals surface area (Å²) in [6.45, 7) is 2.43. The summed E-state index contributed by atoms with van der Waals surface area (Å²) in [5, 5.41) is 0. The second-order valence-electron chi connectivity index (χ2n) is 6.81. The second-order valence-corrected chi connectivity index (χ2v) is 8.49. The maximum Gasteiger partial charge on any atom is 0.266 e. The molecule has 1 aromatic carbocycles. The van der Waals surface area contributed by atoms with Crippen LogP contribution >= 0.6 is 24.0 Å². The Morgan fingerprint density at radius 2 is 2.00 bits per heavy atom. The van der Waals surface area contributed by atoms with E-state index < -0.39 is 0 Å². The Bertz CT molecular complexity index is 953. The van der Waals surface area contributed by atoms with Gasteiger partial charge in [0.2, 0.25) is 0 Å². The molecule has 148 valence electrons. The summed E-state index contributed by atoms with van der Waals surface area (Å²) < 4.78 is 0.550. The lowest BCUT2D eigenvalue weighted by molar-refractivity contribution is -0.123. The van der Waals surface area contributed by atoms with Crippen molar-refractivity contribution in [1.29, 1.82) is 0 Å². The number of benzene rings is 1. The van der Waals surface area contributed by atoms with Crippen LogP contribution in [0.15, 0.2) is 71.4 Å². The molecule has 1 amide bonds. The highest BCUT2D eigenvalue weighted by atomic mass is 32.2. The van der Waals surface area contributed by atoms with Gasteiger partial charge in [0.1, 0.15) is 10.1 Å². The Hall–Kier alpha value is -2.57. The van der Waals surface area contributed by atoms with Crippen molar-refractivity contribution in [3.05, 3.63) is 82.5 Å². The van der Waals surface area contributed by atoms with Crippen molar-refractivity contribution in [2.45, 2.75) is 26.2 Å². The van der Waals surface area contributed by atoms with E-state index in [-0.39, 0.29) is 11.7 Å². The fourth-order valence-electron chi connectivity index (χ4n) is 3.01. The minimum atomic E-state index is -0.0829. The molecule has 1 aliphatic heterocycles. The minimum absolute atomic E-state index is 0.0829. The number of carbonyl (C=O) groups is 2. The third-order valence-electron chi connectivity index (χ3n) is 4.39. The molecular formula is C23H22N2O2S2. The van der Waals surface area contributed by atoms with E-state index in [1.165, 1.54) is 11.8 Å². The fourth-order valence-corrected chi connectivity index (χ4v) is 4.36. The van der Waals surface area contributed by atoms with Crippen LogP contribution in [-0.4, -0.2) is 32.4 Å². The molecule has 4 nitrogen and oxygen atoms in total. The fraction of sp³-hybridized carbons (Fsp3) is 0.217. The van der Waals surface area contributed by atoms with Crippen molar-refractivity contribution in [3.8, 4) is 0 Å². The minimum Gasteiger partial charge on any atom is -0.299 e. The number of Topliss-reactive ketones (excluding diaryl/α,β-unsaturated/α-hetero) is 1. The van der Waals surface area contributed by atoms with E-state index >= 15 is 0 Å². The van der Waals surface area contributed by atoms with E-state index in [2.05, 4.69) is 4.98 Å². The largest absolute Gasteiger partial charge is 0.299 e. The number of amides is 1. The standard InChI is InChI=1S/C23H22N2O2S2/c1-17(13-18-7-3-2-4-8-18)14-21-22(27)25(23(28)29-21)12-6-10-20(26)15-19-9-5-11-24-16-19/h2-5,7-9,11,13-14,16H,6,10,12,15H2,1H3/b17-13+,21-14-. The van der Waals surface area contributed by atoms with Gasteiger partial charge in [0, 0.05) is 31.8 Å². The Kier molecular flexibility index (Phi) is 7.49. The van der Waals surface area contributed by atoms with Gasteiger partial charge in [-0.15, -0.1) is 0 Å². The summed E-state index contributed by atoms with van der Waals surface area (Å²) in [7, 11) is 0. The molecule has 2 aromatic rings. The Morgan fingerprint density at radius 3 is 2.72 bits per heavy atom. The summed E-state index contributed by atoms with van der Waals surface area (Å²) in [5.74, 6) is 0.0566. The van der Waals surface area contributed by atoms with Gasteiger partial charge in [0.25, 0.3) is 5.91 Å². The van der Waals surface area contributed by atoms with Crippen molar-refractivity contribution < 1.29 is 9.59 Å². The number of ketones is 1. The zero-order valence-electron chi connectivity index (χ0n) is 16.2. The van der Waals surface area contributed by atoms with Crippen LogP contribution < -0.4 is 0 Å². The molecule has 0 unspecified atom stereocenters. The number of thioether (sulfide) groups is 1. The van der Waals surface area contributed by atoms with Gasteiger partial charge in [0.15, 0.2) is 0 Å². The molecule has 2 heterocycles. The van der Waals surface area contributed by atoms with E-state index in [9.17, 15) is 9.59 Å². The number of hydrogen-bond acceptors (Lipinski definition) is 5. The molecular weight excluding hydrogens is 400 g/mol. The highest BCUT2D eigenvalue weighted by molar-refractivity contribution is 8.26. The third-order valence-corrected chi connectivity index (χ3v) is 5.77. The zero-order valence-corrected chi connectivity index (χ0v) is 17.8. The number of hydrogen-bond donors (Lipinski definition) is 0. The molecule has 0 bridgehead atoms. The smallest absolute Gasteiger partial charge is 0.266 e. The van der Waals surface area contributed by atoms with Gasteiger partial charge in [0.05, 0.1) is 4.91 Å². The molecule has 0 radical (unpaired) electrons. The van der Waals surface area contributed by atoms with E-state index in [4.69, 9.17) is 12.2 Å². The summed E-state index contributed by atoms with van der Waals surface area (Å²) in [4.78, 5) is 31.1. The maximum absolute atomic E-state index is 12.7. The Balaban J connectivity index is 1.53. The van der Waals surface area contributed by atoms with Crippen molar-refractivity contribution in [2.75, 3.05) is 6.54 Å². The first kappa shape index (κ1) is 21.1. The molecule has 0 N–H and O–H groups in total. The maximum atomic E-state index is 12.7. The SMILES string of the molecule is CC(/C=C1\SC(=S)N(CCCC(=O)Cc2cccnc2)C1=O)=C\c1ccccc1. The monoisotopic (exact) mass is 422 g/mol. The molecule has 29 heavy (non-hydrogen) atoms. The lowest BCUT2D eigenvalue weighted by Crippen LogP contribution is -2.29. The number of aromatic nitrogens is 1. The molecule has 0 saturated carbocycles. The van der Waals surface area contributed by atoms with Crippen molar-refractivity contribution in [1.82, 2.24) is 9.88 Å². The average Bonchev–Trinajstić information content (AvgIpc) is 2.96. The molecule has 1 saturated heterocycles. The quantitative estimate of drug-likeness (QED) is 0.451. The number of carbonyl (C=O) groups excluding carboxylic acids is 2. The summed E-state index contributed by atoms with van der Waals surface area (Å²) in [6, 6.07) is 13.7. The van der Waals surface area contributed by atoms with E-state index in [0.29, 0.717) is 35.0 Å². The highest BCUT2D eigenvalue weighted by Crippen LogP contribution is 2.32. The van der Waals surface area contributed by atoms with Gasteiger partial charge in [-0.25, -0.2) is 0 Å². The summed E-state index contributed by atoms with van der Waals surface area (Å²) in [6.07, 6.45) is 8.68. The molecule has 0 aliphatic carbocycles. The van der Waals surface area contributed by atoms with Crippen LogP contribution in [0.5, 0.6) is 0 Å². The van der Waals surface area contributed by atoms with Crippen LogP contribution in [-0.2, 0) is 16.0 Å². The van der Waals surface area contributed by atoms with Crippen LogP contribution in [0.1, 0.15) is 30.9 Å². The lowest BCUT2D eigenvalue weighted by Gasteiger charge is -2.13. The predicted molar refractivity (Wildman–Crippen MR) is 122 cm³/mol. The zero-order chi connectivity index (χ0) is 20.6. The summed E-state index contributed by atoms with van der Waals surface area (Å²) >= 11 is 6.69. The predicted octanol–water partition coefficient (Wildman–Crippen LogP) is 4.82. The van der Waals surface area contributed by atoms with Gasteiger partial charge in [-0.3, -0.25) is 19.5 Å². The van der Waals surface area contributed by atoms with Crippen LogP contribution in [0.25, 0.3) is 6.08 Å². The molecule has 3 rings (SSSR count). The molecule has 1 aliphatic rings. The normalized spacial score (nSPS) is 16.0. The Labute approximate surface area is 180 Å². The Morgan fingerprint density at radius 1 is 1.21 bits per heavy atom. The van der Waals surface area contributed by atoms with Crippen molar-refractivity contribution in [3.63, 3.8) is 0 Å². The van der Waals surface area contributed by atoms with E-state index in [1.54, 1.807) is 17.3 Å². The van der Waals surface area contributed by atoms with Crippen molar-refractivity contribution >= 4 is 46.1 Å². The lowest BCUT2D eigenvalue weighted by atomic mass is 10.1. The number of thiocarbonyl (C=S) groups is 1. The second kappa shape index (κ2) is 10.3. The van der Waals surface area contributed by atoms with Crippen LogP contribution in [0, 0.1) is 0 Å².